The van der Waals surface area contributed by atoms with Gasteiger partial charge in [0.15, 0.2) is 5.65 Å². The number of nitrogens with zero attached hydrogens (tertiary/aromatic N) is 2. The number of rotatable bonds is 1. The summed E-state index contributed by atoms with van der Waals surface area (Å²) in [7, 11) is 0. The molecule has 2 heterocycles. The number of hydrogen-bond acceptors (Lipinski definition) is 2. The maximum atomic E-state index is 5.95. The van der Waals surface area contributed by atoms with Crippen LogP contribution in [0.15, 0.2) is 28.7 Å². The Hall–Kier alpha value is -1.10. The first-order chi connectivity index (χ1) is 9.04. The second-order valence-corrected chi connectivity index (χ2v) is 5.82. The Morgan fingerprint density at radius 3 is 2.74 bits per heavy atom. The molecular formula is C13H8BrCl2N3. The summed E-state index contributed by atoms with van der Waals surface area (Å²) in [6, 6.07) is 7.80. The van der Waals surface area contributed by atoms with Crippen molar-refractivity contribution >= 4 is 50.3 Å². The van der Waals surface area contributed by atoms with Gasteiger partial charge in [-0.2, -0.15) is 0 Å². The lowest BCUT2D eigenvalue weighted by molar-refractivity contribution is 1.29. The molecule has 0 aliphatic carbocycles. The van der Waals surface area contributed by atoms with Gasteiger partial charge >= 0.3 is 0 Å². The number of H-pyrrole nitrogens is 1. The second-order valence-electron chi connectivity index (χ2n) is 4.20. The number of pyridine rings is 1. The maximum Gasteiger partial charge on any atom is 0.179 e. The van der Waals surface area contributed by atoms with E-state index < -0.39 is 0 Å². The molecule has 0 radical (unpaired) electrons. The molecule has 0 saturated heterocycles. The Kier molecular flexibility index (Phi) is 3.25. The quantitative estimate of drug-likeness (QED) is 0.623. The molecule has 2 aromatic heterocycles. The van der Waals surface area contributed by atoms with Crippen LogP contribution < -0.4 is 0 Å². The fourth-order valence-corrected chi connectivity index (χ4v) is 2.56. The van der Waals surface area contributed by atoms with Crippen molar-refractivity contribution in [3.8, 4) is 11.4 Å². The zero-order valence-corrected chi connectivity index (χ0v) is 12.9. The van der Waals surface area contributed by atoms with Crippen molar-refractivity contribution in [2.45, 2.75) is 6.92 Å². The Morgan fingerprint density at radius 1 is 1.16 bits per heavy atom. The molecule has 3 nitrogen and oxygen atoms in total. The van der Waals surface area contributed by atoms with E-state index in [-0.39, 0.29) is 5.15 Å². The molecule has 0 aliphatic heterocycles. The monoisotopic (exact) mass is 355 g/mol. The highest BCUT2D eigenvalue weighted by Crippen LogP contribution is 2.30. The lowest BCUT2D eigenvalue weighted by Crippen LogP contribution is -1.84. The molecule has 3 aromatic rings. The van der Waals surface area contributed by atoms with Crippen molar-refractivity contribution in [2.24, 2.45) is 0 Å². The standard InChI is InChI=1S/C13H8BrCl2N3/c1-6-2-3-8(14)7(4-6)12-17-10-5-9(15)11(16)18-13(10)19-12/h2-5H,1H3,(H,17,18,19). The van der Waals surface area contributed by atoms with Crippen molar-refractivity contribution in [3.05, 3.63) is 44.5 Å². The van der Waals surface area contributed by atoms with Gasteiger partial charge in [-0.25, -0.2) is 9.97 Å². The zero-order valence-electron chi connectivity index (χ0n) is 9.84. The van der Waals surface area contributed by atoms with E-state index in [9.17, 15) is 0 Å². The van der Waals surface area contributed by atoms with Crippen LogP contribution in [-0.2, 0) is 0 Å². The Morgan fingerprint density at radius 2 is 1.95 bits per heavy atom. The average Bonchev–Trinajstić information content (AvgIpc) is 2.75. The van der Waals surface area contributed by atoms with Crippen molar-refractivity contribution in [1.82, 2.24) is 15.0 Å². The summed E-state index contributed by atoms with van der Waals surface area (Å²) in [4.78, 5) is 11.8. The van der Waals surface area contributed by atoms with Crippen LogP contribution >= 0.6 is 39.1 Å². The third-order valence-corrected chi connectivity index (χ3v) is 4.13. The van der Waals surface area contributed by atoms with E-state index in [1.807, 2.05) is 25.1 Å². The highest BCUT2D eigenvalue weighted by atomic mass is 79.9. The van der Waals surface area contributed by atoms with Crippen LogP contribution in [0.3, 0.4) is 0 Å². The number of aryl methyl sites for hydroxylation is 1. The van der Waals surface area contributed by atoms with E-state index in [2.05, 4.69) is 30.9 Å². The van der Waals surface area contributed by atoms with Crippen LogP contribution in [0.5, 0.6) is 0 Å². The molecule has 0 unspecified atom stereocenters. The first-order valence-electron chi connectivity index (χ1n) is 5.53. The van der Waals surface area contributed by atoms with E-state index in [1.54, 1.807) is 6.07 Å². The highest BCUT2D eigenvalue weighted by molar-refractivity contribution is 9.10. The van der Waals surface area contributed by atoms with E-state index in [0.29, 0.717) is 10.7 Å². The van der Waals surface area contributed by atoms with Gasteiger partial charge in [-0.3, -0.25) is 0 Å². The van der Waals surface area contributed by atoms with Crippen LogP contribution in [0.1, 0.15) is 5.56 Å². The van der Waals surface area contributed by atoms with Gasteiger partial charge in [0.05, 0.1) is 10.5 Å². The van der Waals surface area contributed by atoms with Crippen LogP contribution in [0.2, 0.25) is 10.2 Å². The third kappa shape index (κ3) is 2.36. The highest BCUT2D eigenvalue weighted by Gasteiger charge is 2.11. The predicted octanol–water partition coefficient (Wildman–Crippen LogP) is 5.00. The fraction of sp³-hybridized carbons (Fsp3) is 0.0769. The smallest absolute Gasteiger partial charge is 0.179 e. The zero-order chi connectivity index (χ0) is 13.6. The summed E-state index contributed by atoms with van der Waals surface area (Å²) < 4.78 is 0.967. The first kappa shape index (κ1) is 12.9. The van der Waals surface area contributed by atoms with E-state index in [1.165, 1.54) is 0 Å². The summed E-state index contributed by atoms with van der Waals surface area (Å²) in [5, 5.41) is 0.670. The number of halogens is 3. The molecule has 0 spiro atoms. The van der Waals surface area contributed by atoms with Gasteiger partial charge in [-0.15, -0.1) is 0 Å². The molecule has 0 bridgehead atoms. The molecule has 0 atom stereocenters. The molecule has 3 rings (SSSR count). The van der Waals surface area contributed by atoms with Crippen molar-refractivity contribution in [3.63, 3.8) is 0 Å². The second kappa shape index (κ2) is 4.78. The average molecular weight is 357 g/mol. The predicted molar refractivity (Wildman–Crippen MR) is 81.8 cm³/mol. The molecule has 19 heavy (non-hydrogen) atoms. The van der Waals surface area contributed by atoms with Crippen LogP contribution in [0.4, 0.5) is 0 Å². The molecule has 1 N–H and O–H groups in total. The molecule has 6 heteroatoms. The number of nitrogens with one attached hydrogen (secondary N) is 1. The van der Waals surface area contributed by atoms with E-state index in [4.69, 9.17) is 23.2 Å². The number of hydrogen-bond donors (Lipinski definition) is 1. The Bertz CT molecular complexity index is 744. The first-order valence-corrected chi connectivity index (χ1v) is 7.08. The topological polar surface area (TPSA) is 41.6 Å². The third-order valence-electron chi connectivity index (χ3n) is 2.76. The molecule has 0 aliphatic rings. The van der Waals surface area contributed by atoms with Crippen LogP contribution in [0, 0.1) is 6.92 Å². The Labute approximate surface area is 128 Å². The Balaban J connectivity index is 2.23. The summed E-state index contributed by atoms with van der Waals surface area (Å²) in [6.45, 7) is 2.03. The van der Waals surface area contributed by atoms with Gasteiger partial charge in [0.1, 0.15) is 11.0 Å². The fourth-order valence-electron chi connectivity index (χ4n) is 1.84. The minimum atomic E-state index is 0.260. The number of benzene rings is 1. The minimum Gasteiger partial charge on any atom is -0.336 e. The van der Waals surface area contributed by atoms with Gasteiger partial charge in [0.2, 0.25) is 0 Å². The van der Waals surface area contributed by atoms with Crippen molar-refractivity contribution in [1.29, 1.82) is 0 Å². The van der Waals surface area contributed by atoms with E-state index in [0.717, 1.165) is 26.9 Å². The van der Waals surface area contributed by atoms with Gasteiger partial charge in [0, 0.05) is 10.0 Å². The number of aromatic amines is 1. The van der Waals surface area contributed by atoms with Gasteiger partial charge < -0.3 is 4.98 Å². The van der Waals surface area contributed by atoms with Crippen LogP contribution in [-0.4, -0.2) is 15.0 Å². The normalized spacial score (nSPS) is 11.2. The molecule has 0 amide bonds. The number of imidazole rings is 1. The van der Waals surface area contributed by atoms with Gasteiger partial charge in [0.25, 0.3) is 0 Å². The molecular weight excluding hydrogens is 349 g/mol. The van der Waals surface area contributed by atoms with Crippen LogP contribution in [0.25, 0.3) is 22.6 Å². The summed E-state index contributed by atoms with van der Waals surface area (Å²) in [6.07, 6.45) is 0. The molecule has 1 aromatic carbocycles. The lowest BCUT2D eigenvalue weighted by Gasteiger charge is -2.01. The van der Waals surface area contributed by atoms with E-state index >= 15 is 0 Å². The van der Waals surface area contributed by atoms with Crippen molar-refractivity contribution < 1.29 is 0 Å². The summed E-state index contributed by atoms with van der Waals surface area (Å²) in [5.74, 6) is 0.733. The van der Waals surface area contributed by atoms with Crippen molar-refractivity contribution in [2.75, 3.05) is 0 Å². The minimum absolute atomic E-state index is 0.260. The number of fused-ring (bicyclic) bond motifs is 1. The maximum absolute atomic E-state index is 5.95. The van der Waals surface area contributed by atoms with Gasteiger partial charge in [-0.1, -0.05) is 50.8 Å². The lowest BCUT2D eigenvalue weighted by atomic mass is 10.1. The molecule has 96 valence electrons. The molecule has 0 fully saturated rings. The van der Waals surface area contributed by atoms with Gasteiger partial charge in [-0.05, 0) is 25.1 Å². The SMILES string of the molecule is Cc1ccc(Br)c(-c2nc3nc(Cl)c(Cl)cc3[nH]2)c1. The number of aromatic nitrogens is 3. The summed E-state index contributed by atoms with van der Waals surface area (Å²) >= 11 is 15.4. The molecule has 0 saturated carbocycles. The summed E-state index contributed by atoms with van der Waals surface area (Å²) in [5.41, 5.74) is 3.45. The largest absolute Gasteiger partial charge is 0.336 e.